The van der Waals surface area contributed by atoms with Gasteiger partial charge in [-0.2, -0.15) is 0 Å². The van der Waals surface area contributed by atoms with Gasteiger partial charge >= 0.3 is 0 Å². The normalized spacial score (nSPS) is 12.2. The summed E-state index contributed by atoms with van der Waals surface area (Å²) in [6.07, 6.45) is 15.9. The average Bonchev–Trinajstić information content (AvgIpc) is 2.65. The Morgan fingerprint density at radius 1 is 0.731 bits per heavy atom. The van der Waals surface area contributed by atoms with Crippen LogP contribution in [-0.4, -0.2) is 25.4 Å². The van der Waals surface area contributed by atoms with Gasteiger partial charge in [0.15, 0.2) is 0 Å². The fourth-order valence-corrected chi connectivity index (χ4v) is 3.40. The van der Waals surface area contributed by atoms with Gasteiger partial charge in [0.25, 0.3) is 0 Å². The number of benzene rings is 1. The molecule has 0 heterocycles. The lowest BCUT2D eigenvalue weighted by molar-refractivity contribution is 0.160. The monoisotopic (exact) mass is 364 g/mol. The highest BCUT2D eigenvalue weighted by Gasteiger charge is 2.08. The molecule has 1 aromatic rings. The van der Waals surface area contributed by atoms with E-state index in [4.69, 9.17) is 9.47 Å². The van der Waals surface area contributed by atoms with Crippen LogP contribution < -0.4 is 9.47 Å². The summed E-state index contributed by atoms with van der Waals surface area (Å²) in [6.45, 7) is 2.27. The van der Waals surface area contributed by atoms with Gasteiger partial charge in [-0.1, -0.05) is 77.6 Å². The van der Waals surface area contributed by atoms with Crippen molar-refractivity contribution in [3.8, 4) is 11.5 Å². The highest BCUT2D eigenvalue weighted by Crippen LogP contribution is 2.24. The Morgan fingerprint density at radius 3 is 1.65 bits per heavy atom. The van der Waals surface area contributed by atoms with E-state index < -0.39 is 0 Å². The number of methoxy groups -OCH3 is 2. The zero-order chi connectivity index (χ0) is 19.0. The number of rotatable bonds is 16. The Balaban J connectivity index is 2.07. The van der Waals surface area contributed by atoms with Crippen LogP contribution in [0.25, 0.3) is 0 Å². The SMILES string of the molecule is CCCCCCCCCCCCCC(O)Cc1cc(OC)cc(OC)c1. The van der Waals surface area contributed by atoms with Gasteiger partial charge in [-0.3, -0.25) is 0 Å². The summed E-state index contributed by atoms with van der Waals surface area (Å²) in [4.78, 5) is 0. The number of aliphatic hydroxyl groups excluding tert-OH is 1. The van der Waals surface area contributed by atoms with Crippen molar-refractivity contribution < 1.29 is 14.6 Å². The summed E-state index contributed by atoms with van der Waals surface area (Å²) in [6, 6.07) is 5.82. The van der Waals surface area contributed by atoms with Crippen molar-refractivity contribution in [2.45, 2.75) is 96.5 Å². The average molecular weight is 365 g/mol. The fourth-order valence-electron chi connectivity index (χ4n) is 3.40. The van der Waals surface area contributed by atoms with Gasteiger partial charge in [0.2, 0.25) is 0 Å². The van der Waals surface area contributed by atoms with Gasteiger partial charge in [-0.25, -0.2) is 0 Å². The van der Waals surface area contributed by atoms with Crippen LogP contribution in [0.5, 0.6) is 11.5 Å². The second kappa shape index (κ2) is 14.9. The van der Waals surface area contributed by atoms with Crippen LogP contribution in [0.15, 0.2) is 18.2 Å². The minimum absolute atomic E-state index is 0.287. The van der Waals surface area contributed by atoms with Crippen LogP contribution in [0, 0.1) is 0 Å². The molecule has 0 fully saturated rings. The topological polar surface area (TPSA) is 38.7 Å². The predicted molar refractivity (Wildman–Crippen MR) is 110 cm³/mol. The maximum absolute atomic E-state index is 10.3. The standard InChI is InChI=1S/C23H40O3/c1-4-5-6-7-8-9-10-11-12-13-14-15-21(24)16-20-17-22(25-2)19-23(18-20)26-3/h17-19,21,24H,4-16H2,1-3H3. The smallest absolute Gasteiger partial charge is 0.122 e. The van der Waals surface area contributed by atoms with Crippen molar-refractivity contribution in [2.24, 2.45) is 0 Å². The number of unbranched alkanes of at least 4 members (excludes halogenated alkanes) is 10. The Kier molecular flexibility index (Phi) is 13.1. The van der Waals surface area contributed by atoms with Gasteiger partial charge in [-0.05, 0) is 30.5 Å². The molecular weight excluding hydrogens is 324 g/mol. The first-order chi connectivity index (χ1) is 12.7. The van der Waals surface area contributed by atoms with Gasteiger partial charge < -0.3 is 14.6 Å². The summed E-state index contributed by atoms with van der Waals surface area (Å²) >= 11 is 0. The van der Waals surface area contributed by atoms with Gasteiger partial charge in [0, 0.05) is 6.07 Å². The van der Waals surface area contributed by atoms with E-state index in [1.807, 2.05) is 18.2 Å². The Morgan fingerprint density at radius 2 is 1.19 bits per heavy atom. The molecule has 26 heavy (non-hydrogen) atoms. The van der Waals surface area contributed by atoms with E-state index in [-0.39, 0.29) is 6.10 Å². The molecule has 0 aliphatic heterocycles. The summed E-state index contributed by atoms with van der Waals surface area (Å²) in [5.74, 6) is 1.56. The van der Waals surface area contributed by atoms with E-state index in [0.29, 0.717) is 6.42 Å². The summed E-state index contributed by atoms with van der Waals surface area (Å²) in [5, 5.41) is 10.3. The molecule has 0 aliphatic rings. The zero-order valence-corrected chi connectivity index (χ0v) is 17.3. The highest BCUT2D eigenvalue weighted by atomic mass is 16.5. The first kappa shape index (κ1) is 22.8. The number of ether oxygens (including phenoxy) is 2. The van der Waals surface area contributed by atoms with Crippen LogP contribution in [0.4, 0.5) is 0 Å². The summed E-state index contributed by atoms with van der Waals surface area (Å²) in [5.41, 5.74) is 1.07. The van der Waals surface area contributed by atoms with Crippen molar-refractivity contribution in [1.82, 2.24) is 0 Å². The maximum atomic E-state index is 10.3. The van der Waals surface area contributed by atoms with Crippen molar-refractivity contribution in [2.75, 3.05) is 14.2 Å². The molecule has 1 rings (SSSR count). The third-order valence-corrected chi connectivity index (χ3v) is 5.02. The number of hydrogen-bond donors (Lipinski definition) is 1. The molecule has 0 amide bonds. The molecule has 0 aromatic heterocycles. The Labute approximate surface area is 161 Å². The van der Waals surface area contributed by atoms with E-state index in [9.17, 15) is 5.11 Å². The van der Waals surface area contributed by atoms with Crippen molar-refractivity contribution >= 4 is 0 Å². The number of aliphatic hydroxyl groups is 1. The molecule has 1 N–H and O–H groups in total. The summed E-state index contributed by atoms with van der Waals surface area (Å²) in [7, 11) is 3.31. The van der Waals surface area contributed by atoms with Gasteiger partial charge in [0.1, 0.15) is 11.5 Å². The lowest BCUT2D eigenvalue weighted by Crippen LogP contribution is -2.10. The lowest BCUT2D eigenvalue weighted by Gasteiger charge is -2.13. The predicted octanol–water partition coefficient (Wildman–Crippen LogP) is 6.31. The van der Waals surface area contributed by atoms with Crippen LogP contribution in [0.1, 0.15) is 89.5 Å². The third-order valence-electron chi connectivity index (χ3n) is 5.02. The molecule has 0 radical (unpaired) electrons. The maximum Gasteiger partial charge on any atom is 0.122 e. The molecule has 3 nitrogen and oxygen atoms in total. The molecule has 0 bridgehead atoms. The van der Waals surface area contributed by atoms with Crippen molar-refractivity contribution in [3.05, 3.63) is 23.8 Å². The van der Waals surface area contributed by atoms with Gasteiger partial charge in [-0.15, -0.1) is 0 Å². The van der Waals surface area contributed by atoms with Crippen LogP contribution >= 0.6 is 0 Å². The van der Waals surface area contributed by atoms with Crippen molar-refractivity contribution in [3.63, 3.8) is 0 Å². The lowest BCUT2D eigenvalue weighted by atomic mass is 10.0. The largest absolute Gasteiger partial charge is 0.497 e. The number of hydrogen-bond acceptors (Lipinski definition) is 3. The summed E-state index contributed by atoms with van der Waals surface area (Å²) < 4.78 is 10.6. The molecule has 0 spiro atoms. The molecule has 0 aliphatic carbocycles. The second-order valence-electron chi connectivity index (χ2n) is 7.40. The minimum Gasteiger partial charge on any atom is -0.497 e. The van der Waals surface area contributed by atoms with Crippen molar-refractivity contribution in [1.29, 1.82) is 0 Å². The molecule has 150 valence electrons. The molecule has 3 heteroatoms. The first-order valence-corrected chi connectivity index (χ1v) is 10.6. The molecule has 1 unspecified atom stereocenters. The molecule has 0 saturated heterocycles. The third kappa shape index (κ3) is 10.7. The van der Waals surface area contributed by atoms with E-state index in [2.05, 4.69) is 6.92 Å². The van der Waals surface area contributed by atoms with E-state index in [1.165, 1.54) is 64.2 Å². The first-order valence-electron chi connectivity index (χ1n) is 10.6. The zero-order valence-electron chi connectivity index (χ0n) is 17.3. The van der Waals surface area contributed by atoms with Crippen LogP contribution in [-0.2, 0) is 6.42 Å². The van der Waals surface area contributed by atoms with E-state index in [1.54, 1.807) is 14.2 Å². The second-order valence-corrected chi connectivity index (χ2v) is 7.40. The molecule has 1 atom stereocenters. The molecule has 0 saturated carbocycles. The Bertz CT molecular complexity index is 437. The fraction of sp³-hybridized carbons (Fsp3) is 0.739. The quantitative estimate of drug-likeness (QED) is 0.349. The van der Waals surface area contributed by atoms with Crippen LogP contribution in [0.3, 0.4) is 0 Å². The Hall–Kier alpha value is -1.22. The van der Waals surface area contributed by atoms with Crippen LogP contribution in [0.2, 0.25) is 0 Å². The minimum atomic E-state index is -0.287. The molecular formula is C23H40O3. The highest BCUT2D eigenvalue weighted by molar-refractivity contribution is 5.38. The van der Waals surface area contributed by atoms with Gasteiger partial charge in [0.05, 0.1) is 20.3 Å². The van der Waals surface area contributed by atoms with E-state index in [0.717, 1.165) is 29.9 Å². The van der Waals surface area contributed by atoms with E-state index >= 15 is 0 Å². The molecule has 1 aromatic carbocycles.